The zero-order valence-corrected chi connectivity index (χ0v) is 15.0. The summed E-state index contributed by atoms with van der Waals surface area (Å²) in [5.74, 6) is 0.447. The molecule has 4 rings (SSSR count). The average Bonchev–Trinajstić information content (AvgIpc) is 3.20. The summed E-state index contributed by atoms with van der Waals surface area (Å²) in [4.78, 5) is 14.6. The summed E-state index contributed by atoms with van der Waals surface area (Å²) in [6, 6.07) is 18.3. The fourth-order valence-electron chi connectivity index (χ4n) is 4.62. The van der Waals surface area contributed by atoms with Crippen LogP contribution in [-0.4, -0.2) is 35.7 Å². The van der Waals surface area contributed by atoms with Gasteiger partial charge in [0.2, 0.25) is 0 Å². The van der Waals surface area contributed by atoms with Crippen molar-refractivity contribution in [1.82, 2.24) is 4.90 Å². The number of anilines is 1. The van der Waals surface area contributed by atoms with Gasteiger partial charge in [-0.1, -0.05) is 48.9 Å². The van der Waals surface area contributed by atoms with Gasteiger partial charge in [-0.25, -0.2) is 4.79 Å². The average molecular weight is 350 g/mol. The van der Waals surface area contributed by atoms with Crippen molar-refractivity contribution in [1.29, 1.82) is 0 Å². The second-order valence-electron chi connectivity index (χ2n) is 7.78. The molecule has 2 aliphatic rings. The molecule has 1 saturated carbocycles. The van der Waals surface area contributed by atoms with Gasteiger partial charge in [-0.3, -0.25) is 0 Å². The van der Waals surface area contributed by atoms with E-state index in [4.69, 9.17) is 0 Å². The first kappa shape index (κ1) is 17.1. The molecule has 0 aromatic heterocycles. The van der Waals surface area contributed by atoms with Gasteiger partial charge in [0.15, 0.2) is 0 Å². The first-order chi connectivity index (χ1) is 12.7. The SMILES string of the molecule is O=C(Nc1cccc(Cc2ccccc2)c1)N1C[C@H]2CCC[C@@]2(CO)C1. The molecular formula is C22H26N2O2. The Morgan fingerprint density at radius 3 is 2.73 bits per heavy atom. The van der Waals surface area contributed by atoms with E-state index < -0.39 is 0 Å². The van der Waals surface area contributed by atoms with Crippen LogP contribution in [0.5, 0.6) is 0 Å². The van der Waals surface area contributed by atoms with Crippen molar-refractivity contribution < 1.29 is 9.90 Å². The number of fused-ring (bicyclic) bond motifs is 1. The number of aliphatic hydroxyl groups is 1. The van der Waals surface area contributed by atoms with Gasteiger partial charge in [0, 0.05) is 24.2 Å². The van der Waals surface area contributed by atoms with Crippen molar-refractivity contribution in [2.45, 2.75) is 25.7 Å². The van der Waals surface area contributed by atoms with E-state index in [-0.39, 0.29) is 18.1 Å². The Morgan fingerprint density at radius 1 is 1.15 bits per heavy atom. The lowest BCUT2D eigenvalue weighted by atomic mass is 9.82. The monoisotopic (exact) mass is 350 g/mol. The van der Waals surface area contributed by atoms with Gasteiger partial charge in [0.1, 0.15) is 0 Å². The highest BCUT2D eigenvalue weighted by Crippen LogP contribution is 2.48. The van der Waals surface area contributed by atoms with Gasteiger partial charge in [-0.15, -0.1) is 0 Å². The van der Waals surface area contributed by atoms with Crippen LogP contribution in [0, 0.1) is 11.3 Å². The van der Waals surface area contributed by atoms with E-state index in [1.54, 1.807) is 0 Å². The number of carbonyl (C=O) groups excluding carboxylic acids is 1. The van der Waals surface area contributed by atoms with Crippen LogP contribution in [-0.2, 0) is 6.42 Å². The number of hydrogen-bond donors (Lipinski definition) is 2. The Labute approximate surface area is 154 Å². The maximum Gasteiger partial charge on any atom is 0.321 e. The molecule has 2 atom stereocenters. The normalized spacial score (nSPS) is 24.5. The highest BCUT2D eigenvalue weighted by molar-refractivity contribution is 5.89. The summed E-state index contributed by atoms with van der Waals surface area (Å²) in [6.45, 7) is 1.62. The maximum atomic E-state index is 12.7. The molecule has 4 heteroatoms. The number of benzene rings is 2. The molecule has 2 aromatic rings. The predicted molar refractivity (Wildman–Crippen MR) is 103 cm³/mol. The van der Waals surface area contributed by atoms with Crippen LogP contribution in [0.3, 0.4) is 0 Å². The Balaban J connectivity index is 1.41. The Morgan fingerprint density at radius 2 is 1.96 bits per heavy atom. The van der Waals surface area contributed by atoms with E-state index in [0.29, 0.717) is 12.5 Å². The quantitative estimate of drug-likeness (QED) is 0.878. The zero-order valence-electron chi connectivity index (χ0n) is 15.0. The molecule has 1 aliphatic heterocycles. The Hall–Kier alpha value is -2.33. The van der Waals surface area contributed by atoms with E-state index in [9.17, 15) is 9.90 Å². The van der Waals surface area contributed by atoms with E-state index in [1.807, 2.05) is 41.3 Å². The first-order valence-corrected chi connectivity index (χ1v) is 9.48. The van der Waals surface area contributed by atoms with Crippen molar-refractivity contribution in [3.63, 3.8) is 0 Å². The van der Waals surface area contributed by atoms with Crippen LogP contribution in [0.4, 0.5) is 10.5 Å². The minimum atomic E-state index is -0.0630. The summed E-state index contributed by atoms with van der Waals surface area (Å²) < 4.78 is 0. The second-order valence-corrected chi connectivity index (χ2v) is 7.78. The number of hydrogen-bond acceptors (Lipinski definition) is 2. The third-order valence-corrected chi connectivity index (χ3v) is 6.07. The number of nitrogens with zero attached hydrogens (tertiary/aromatic N) is 1. The number of urea groups is 1. The molecule has 2 N–H and O–H groups in total. The third-order valence-electron chi connectivity index (χ3n) is 6.07. The summed E-state index contributed by atoms with van der Waals surface area (Å²) in [5.41, 5.74) is 3.21. The second kappa shape index (κ2) is 7.12. The molecule has 1 saturated heterocycles. The van der Waals surface area contributed by atoms with Crippen LogP contribution >= 0.6 is 0 Å². The van der Waals surface area contributed by atoms with Crippen LogP contribution in [0.2, 0.25) is 0 Å². The maximum absolute atomic E-state index is 12.7. The molecule has 0 unspecified atom stereocenters. The lowest BCUT2D eigenvalue weighted by Crippen LogP contribution is -2.36. The summed E-state index contributed by atoms with van der Waals surface area (Å²) in [5, 5.41) is 12.9. The van der Waals surface area contributed by atoms with E-state index in [0.717, 1.165) is 31.5 Å². The molecule has 4 nitrogen and oxygen atoms in total. The number of carbonyl (C=O) groups is 1. The van der Waals surface area contributed by atoms with Gasteiger partial charge in [-0.05, 0) is 48.4 Å². The fraction of sp³-hybridized carbons (Fsp3) is 0.409. The summed E-state index contributed by atoms with van der Waals surface area (Å²) in [6.07, 6.45) is 4.17. The molecule has 0 radical (unpaired) electrons. The molecular weight excluding hydrogens is 324 g/mol. The molecule has 1 aliphatic carbocycles. The van der Waals surface area contributed by atoms with Gasteiger partial charge in [0.05, 0.1) is 6.61 Å². The number of rotatable bonds is 4. The first-order valence-electron chi connectivity index (χ1n) is 9.48. The standard InChI is InChI=1S/C22H26N2O2/c25-16-22-11-5-9-19(22)14-24(15-22)21(26)23-20-10-4-8-18(13-20)12-17-6-2-1-3-7-17/h1-4,6-8,10,13,19,25H,5,9,11-12,14-16H2,(H,23,26)/t19-,22+/m1/s1. The Bertz CT molecular complexity index is 777. The van der Waals surface area contributed by atoms with Crippen molar-refractivity contribution in [2.24, 2.45) is 11.3 Å². The predicted octanol–water partition coefficient (Wildman–Crippen LogP) is 3.90. The van der Waals surface area contributed by atoms with Crippen molar-refractivity contribution in [3.05, 3.63) is 65.7 Å². The highest BCUT2D eigenvalue weighted by Gasteiger charge is 2.50. The summed E-state index contributed by atoms with van der Waals surface area (Å²) in [7, 11) is 0. The van der Waals surface area contributed by atoms with Crippen LogP contribution in [0.25, 0.3) is 0 Å². The molecule has 1 heterocycles. The number of likely N-dealkylation sites (tertiary alicyclic amines) is 1. The molecule has 0 spiro atoms. The van der Waals surface area contributed by atoms with Crippen molar-refractivity contribution in [2.75, 3.05) is 25.0 Å². The van der Waals surface area contributed by atoms with Crippen LogP contribution in [0.1, 0.15) is 30.4 Å². The van der Waals surface area contributed by atoms with Crippen molar-refractivity contribution in [3.8, 4) is 0 Å². The molecule has 2 aromatic carbocycles. The lowest BCUT2D eigenvalue weighted by molar-refractivity contribution is 0.114. The summed E-state index contributed by atoms with van der Waals surface area (Å²) >= 11 is 0. The number of aliphatic hydroxyl groups excluding tert-OH is 1. The lowest BCUT2D eigenvalue weighted by Gasteiger charge is -2.25. The molecule has 26 heavy (non-hydrogen) atoms. The molecule has 2 amide bonds. The largest absolute Gasteiger partial charge is 0.396 e. The minimum absolute atomic E-state index is 0.0518. The van der Waals surface area contributed by atoms with Crippen molar-refractivity contribution >= 4 is 11.7 Å². The van der Waals surface area contributed by atoms with Gasteiger partial charge in [0.25, 0.3) is 0 Å². The molecule has 0 bridgehead atoms. The highest BCUT2D eigenvalue weighted by atomic mass is 16.3. The van der Waals surface area contributed by atoms with Crippen LogP contribution in [0.15, 0.2) is 54.6 Å². The van der Waals surface area contributed by atoms with Gasteiger partial charge < -0.3 is 15.3 Å². The van der Waals surface area contributed by atoms with Gasteiger partial charge in [-0.2, -0.15) is 0 Å². The fourth-order valence-corrected chi connectivity index (χ4v) is 4.62. The molecule has 136 valence electrons. The number of nitrogens with one attached hydrogen (secondary N) is 1. The zero-order chi connectivity index (χ0) is 18.0. The van der Waals surface area contributed by atoms with E-state index >= 15 is 0 Å². The van der Waals surface area contributed by atoms with E-state index in [2.05, 4.69) is 23.5 Å². The van der Waals surface area contributed by atoms with Crippen LogP contribution < -0.4 is 5.32 Å². The van der Waals surface area contributed by atoms with E-state index in [1.165, 1.54) is 17.5 Å². The smallest absolute Gasteiger partial charge is 0.321 e. The number of amides is 2. The minimum Gasteiger partial charge on any atom is -0.396 e. The Kier molecular flexibility index (Phi) is 4.68. The molecule has 2 fully saturated rings. The third kappa shape index (κ3) is 3.34. The van der Waals surface area contributed by atoms with Gasteiger partial charge >= 0.3 is 6.03 Å². The topological polar surface area (TPSA) is 52.6 Å².